The fourth-order valence-corrected chi connectivity index (χ4v) is 1.83. The Labute approximate surface area is 106 Å². The molecule has 0 saturated carbocycles. The van der Waals surface area contributed by atoms with Gasteiger partial charge < -0.3 is 5.32 Å². The van der Waals surface area contributed by atoms with Crippen molar-refractivity contribution in [2.75, 3.05) is 6.54 Å². The summed E-state index contributed by atoms with van der Waals surface area (Å²) in [6, 6.07) is 6.24. The second-order valence-electron chi connectivity index (χ2n) is 3.96. The van der Waals surface area contributed by atoms with Gasteiger partial charge in [0.2, 0.25) is 5.82 Å². The van der Waals surface area contributed by atoms with E-state index >= 15 is 0 Å². The molecule has 5 nitrogen and oxygen atoms in total. The van der Waals surface area contributed by atoms with E-state index in [0.29, 0.717) is 11.6 Å². The van der Waals surface area contributed by atoms with E-state index in [2.05, 4.69) is 29.1 Å². The number of nitrogens with one attached hydrogen (secondary N) is 1. The molecule has 2 aromatic rings. The van der Waals surface area contributed by atoms with E-state index in [1.54, 1.807) is 23.2 Å². The first-order chi connectivity index (χ1) is 8.76. The summed E-state index contributed by atoms with van der Waals surface area (Å²) in [4.78, 5) is 8.25. The van der Waals surface area contributed by atoms with Crippen LogP contribution >= 0.6 is 0 Å². The van der Waals surface area contributed by atoms with Gasteiger partial charge >= 0.3 is 0 Å². The molecule has 0 aromatic carbocycles. The molecule has 5 heteroatoms. The summed E-state index contributed by atoms with van der Waals surface area (Å²) in [7, 11) is 0. The lowest BCUT2D eigenvalue weighted by molar-refractivity contribution is 0.597. The van der Waals surface area contributed by atoms with Gasteiger partial charge in [0.25, 0.3) is 0 Å². The zero-order chi connectivity index (χ0) is 13.0. The summed E-state index contributed by atoms with van der Waals surface area (Å²) in [5.74, 6) is 1.06. The van der Waals surface area contributed by atoms with Crippen LogP contribution in [0.3, 0.4) is 0 Å². The van der Waals surface area contributed by atoms with Crippen LogP contribution in [0.15, 0.2) is 30.7 Å². The fraction of sp³-hybridized carbons (Fsp3) is 0.308. The number of pyridine rings is 1. The molecule has 0 aliphatic carbocycles. The summed E-state index contributed by atoms with van der Waals surface area (Å²) >= 11 is 0. The summed E-state index contributed by atoms with van der Waals surface area (Å²) in [5, 5.41) is 12.3. The summed E-state index contributed by atoms with van der Waals surface area (Å²) in [6.45, 7) is 5.08. The molecule has 0 radical (unpaired) electrons. The third-order valence-corrected chi connectivity index (χ3v) is 2.77. The quantitative estimate of drug-likeness (QED) is 0.886. The standard InChI is InChI=1S/C13H15N5/c1-3-15-10(2)11-4-5-16-12(8-11)18-7-6-17-13(18)9-14/h4-8,10,15H,3H2,1-2H3. The summed E-state index contributed by atoms with van der Waals surface area (Å²) < 4.78 is 1.68. The maximum Gasteiger partial charge on any atom is 0.218 e. The largest absolute Gasteiger partial charge is 0.310 e. The molecule has 92 valence electrons. The summed E-state index contributed by atoms with van der Waals surface area (Å²) in [5.41, 5.74) is 1.14. The highest BCUT2D eigenvalue weighted by atomic mass is 15.1. The van der Waals surface area contributed by atoms with E-state index in [-0.39, 0.29) is 6.04 Å². The number of aromatic nitrogens is 3. The third kappa shape index (κ3) is 2.39. The van der Waals surface area contributed by atoms with Gasteiger partial charge in [-0.3, -0.25) is 4.57 Å². The maximum absolute atomic E-state index is 8.96. The predicted octanol–water partition coefficient (Wildman–Crippen LogP) is 1.81. The lowest BCUT2D eigenvalue weighted by Crippen LogP contribution is -2.18. The Morgan fingerprint density at radius 1 is 1.44 bits per heavy atom. The van der Waals surface area contributed by atoms with Crippen LogP contribution in [-0.4, -0.2) is 21.1 Å². The molecule has 0 bridgehead atoms. The van der Waals surface area contributed by atoms with Crippen LogP contribution in [-0.2, 0) is 0 Å². The average molecular weight is 241 g/mol. The minimum Gasteiger partial charge on any atom is -0.310 e. The average Bonchev–Trinajstić information content (AvgIpc) is 2.87. The van der Waals surface area contributed by atoms with Crippen molar-refractivity contribution in [3.05, 3.63) is 42.1 Å². The van der Waals surface area contributed by atoms with Gasteiger partial charge in [-0.05, 0) is 31.2 Å². The van der Waals surface area contributed by atoms with Crippen molar-refractivity contribution in [3.63, 3.8) is 0 Å². The monoisotopic (exact) mass is 241 g/mol. The van der Waals surface area contributed by atoms with Gasteiger partial charge in [0.05, 0.1) is 0 Å². The van der Waals surface area contributed by atoms with E-state index in [1.807, 2.05) is 18.2 Å². The predicted molar refractivity (Wildman–Crippen MR) is 68.2 cm³/mol. The van der Waals surface area contributed by atoms with Crippen molar-refractivity contribution in [2.24, 2.45) is 0 Å². The topological polar surface area (TPSA) is 66.5 Å². The molecule has 2 heterocycles. The van der Waals surface area contributed by atoms with Gasteiger partial charge in [-0.25, -0.2) is 9.97 Å². The molecular weight excluding hydrogens is 226 g/mol. The van der Waals surface area contributed by atoms with Crippen LogP contribution in [0.5, 0.6) is 0 Å². The molecule has 1 N–H and O–H groups in total. The Balaban J connectivity index is 2.36. The Bertz CT molecular complexity index is 567. The SMILES string of the molecule is CCNC(C)c1ccnc(-n2ccnc2C#N)c1. The molecule has 0 aliphatic rings. The lowest BCUT2D eigenvalue weighted by Gasteiger charge is -2.13. The van der Waals surface area contributed by atoms with E-state index in [0.717, 1.165) is 12.1 Å². The Kier molecular flexibility index (Phi) is 3.70. The molecule has 1 atom stereocenters. The van der Waals surface area contributed by atoms with Crippen molar-refractivity contribution in [1.29, 1.82) is 5.26 Å². The molecule has 0 aliphatic heterocycles. The highest BCUT2D eigenvalue weighted by Crippen LogP contribution is 2.15. The summed E-state index contributed by atoms with van der Waals surface area (Å²) in [6.07, 6.45) is 5.09. The minimum absolute atomic E-state index is 0.255. The lowest BCUT2D eigenvalue weighted by atomic mass is 10.1. The zero-order valence-electron chi connectivity index (χ0n) is 10.5. The van der Waals surface area contributed by atoms with Crippen LogP contribution in [0.1, 0.15) is 31.3 Å². The van der Waals surface area contributed by atoms with Crippen molar-refractivity contribution in [1.82, 2.24) is 19.9 Å². The first-order valence-corrected chi connectivity index (χ1v) is 5.89. The Morgan fingerprint density at radius 2 is 2.28 bits per heavy atom. The van der Waals surface area contributed by atoms with Crippen molar-refractivity contribution < 1.29 is 0 Å². The van der Waals surface area contributed by atoms with Gasteiger partial charge in [-0.15, -0.1) is 0 Å². The Hall–Kier alpha value is -2.19. The number of hydrogen-bond acceptors (Lipinski definition) is 4. The van der Waals surface area contributed by atoms with Gasteiger partial charge in [0.15, 0.2) is 0 Å². The van der Waals surface area contributed by atoms with Crippen LogP contribution < -0.4 is 5.32 Å². The van der Waals surface area contributed by atoms with Crippen LogP contribution in [0.2, 0.25) is 0 Å². The highest BCUT2D eigenvalue weighted by molar-refractivity contribution is 5.33. The number of nitriles is 1. The van der Waals surface area contributed by atoms with Crippen molar-refractivity contribution in [3.8, 4) is 11.9 Å². The van der Waals surface area contributed by atoms with E-state index in [9.17, 15) is 0 Å². The fourth-order valence-electron chi connectivity index (χ4n) is 1.83. The molecule has 0 amide bonds. The number of nitrogens with zero attached hydrogens (tertiary/aromatic N) is 4. The van der Waals surface area contributed by atoms with Crippen molar-refractivity contribution >= 4 is 0 Å². The maximum atomic E-state index is 8.96. The van der Waals surface area contributed by atoms with Gasteiger partial charge in [-0.2, -0.15) is 5.26 Å². The molecule has 1 unspecified atom stereocenters. The second-order valence-corrected chi connectivity index (χ2v) is 3.96. The normalized spacial score (nSPS) is 12.1. The molecule has 2 rings (SSSR count). The number of imidazole rings is 1. The van der Waals surface area contributed by atoms with Crippen LogP contribution in [0.25, 0.3) is 5.82 Å². The van der Waals surface area contributed by atoms with E-state index in [4.69, 9.17) is 5.26 Å². The smallest absolute Gasteiger partial charge is 0.218 e. The molecule has 18 heavy (non-hydrogen) atoms. The minimum atomic E-state index is 0.255. The highest BCUT2D eigenvalue weighted by Gasteiger charge is 2.08. The van der Waals surface area contributed by atoms with E-state index < -0.39 is 0 Å². The Morgan fingerprint density at radius 3 is 3.00 bits per heavy atom. The number of rotatable bonds is 4. The molecule has 0 spiro atoms. The van der Waals surface area contributed by atoms with Crippen LogP contribution in [0, 0.1) is 11.3 Å². The zero-order valence-corrected chi connectivity index (χ0v) is 10.5. The van der Waals surface area contributed by atoms with Crippen molar-refractivity contribution in [2.45, 2.75) is 19.9 Å². The molecule has 0 saturated heterocycles. The van der Waals surface area contributed by atoms with Gasteiger partial charge in [0.1, 0.15) is 11.9 Å². The second kappa shape index (κ2) is 5.43. The molecular formula is C13H15N5. The molecule has 2 aromatic heterocycles. The third-order valence-electron chi connectivity index (χ3n) is 2.77. The van der Waals surface area contributed by atoms with Gasteiger partial charge in [-0.1, -0.05) is 6.92 Å². The first kappa shape index (κ1) is 12.3. The van der Waals surface area contributed by atoms with E-state index in [1.165, 1.54) is 0 Å². The molecule has 0 fully saturated rings. The first-order valence-electron chi connectivity index (χ1n) is 5.89. The van der Waals surface area contributed by atoms with Gasteiger partial charge in [0, 0.05) is 24.6 Å². The van der Waals surface area contributed by atoms with Crippen LogP contribution in [0.4, 0.5) is 0 Å². The number of hydrogen-bond donors (Lipinski definition) is 1.